The number of aryl methyl sites for hydroxylation is 1. The third-order valence-electron chi connectivity index (χ3n) is 1.99. The van der Waals surface area contributed by atoms with E-state index in [1.165, 1.54) is 14.0 Å². The number of hydrogen-bond donors (Lipinski definition) is 1. The zero-order valence-corrected chi connectivity index (χ0v) is 11.8. The second-order valence-corrected chi connectivity index (χ2v) is 4.36. The summed E-state index contributed by atoms with van der Waals surface area (Å²) in [6.45, 7) is 3.14. The van der Waals surface area contributed by atoms with Crippen LogP contribution in [0.5, 0.6) is 0 Å². The van der Waals surface area contributed by atoms with Crippen LogP contribution in [0, 0.1) is 6.92 Å². The monoisotopic (exact) mass is 288 g/mol. The zero-order valence-electron chi connectivity index (χ0n) is 10.2. The molecule has 1 aromatic rings. The van der Waals surface area contributed by atoms with Gasteiger partial charge in [0.25, 0.3) is 0 Å². The Labute approximate surface area is 115 Å². The van der Waals surface area contributed by atoms with Crippen molar-refractivity contribution in [1.82, 2.24) is 5.06 Å². The number of hydroxylamine groups is 2. The molecule has 0 aliphatic heterocycles. The Hall–Kier alpha value is -1.37. The van der Waals surface area contributed by atoms with Gasteiger partial charge in [0, 0.05) is 24.7 Å². The molecule has 0 saturated heterocycles. The molecule has 0 heterocycles. The van der Waals surface area contributed by atoms with Crippen LogP contribution >= 0.6 is 23.8 Å². The zero-order chi connectivity index (χ0) is 13.7. The van der Waals surface area contributed by atoms with Gasteiger partial charge in [0.1, 0.15) is 0 Å². The van der Waals surface area contributed by atoms with Crippen molar-refractivity contribution in [3.8, 4) is 0 Å². The van der Waals surface area contributed by atoms with Crippen LogP contribution in [0.1, 0.15) is 12.5 Å². The summed E-state index contributed by atoms with van der Waals surface area (Å²) < 4.78 is 0. The summed E-state index contributed by atoms with van der Waals surface area (Å²) in [7, 11) is 1.51. The molecule has 0 radical (unpaired) electrons. The Morgan fingerprint density at radius 3 is 2.78 bits per heavy atom. The lowest BCUT2D eigenvalue weighted by molar-refractivity contribution is -0.362. The average Bonchev–Trinajstić information content (AvgIpc) is 2.30. The summed E-state index contributed by atoms with van der Waals surface area (Å²) in [6, 6.07) is 5.38. The van der Waals surface area contributed by atoms with Gasteiger partial charge in [-0.15, -0.1) is 0 Å². The fraction of sp³-hybridized carbons (Fsp3) is 0.273. The molecule has 1 N–H and O–H groups in total. The molecule has 0 aliphatic rings. The van der Waals surface area contributed by atoms with E-state index in [1.54, 1.807) is 12.1 Å². The van der Waals surface area contributed by atoms with Gasteiger partial charge in [0.05, 0.1) is 0 Å². The quantitative estimate of drug-likeness (QED) is 0.524. The molecule has 1 rings (SSSR count). The minimum absolute atomic E-state index is 0.238. The van der Waals surface area contributed by atoms with E-state index in [9.17, 15) is 4.79 Å². The van der Waals surface area contributed by atoms with Crippen molar-refractivity contribution in [3.63, 3.8) is 0 Å². The number of nitrogens with zero attached hydrogens (tertiary/aromatic N) is 1. The summed E-state index contributed by atoms with van der Waals surface area (Å²) in [5, 5.41) is 4.88. The third-order valence-corrected chi connectivity index (χ3v) is 2.59. The molecule has 0 bridgehead atoms. The molecule has 0 amide bonds. The minimum Gasteiger partial charge on any atom is -0.331 e. The van der Waals surface area contributed by atoms with Gasteiger partial charge in [-0.05, 0) is 36.8 Å². The lowest BCUT2D eigenvalue weighted by atomic mass is 10.2. The SMILES string of the molecule is CC(=O)OON(C)C(=S)Nc1cc(Cl)ccc1C. The van der Waals surface area contributed by atoms with E-state index < -0.39 is 5.97 Å². The molecule has 0 aromatic heterocycles. The van der Waals surface area contributed by atoms with Crippen molar-refractivity contribution in [3.05, 3.63) is 28.8 Å². The predicted octanol–water partition coefficient (Wildman–Crippen LogP) is 2.69. The van der Waals surface area contributed by atoms with Crippen LogP contribution in [0.2, 0.25) is 5.02 Å². The van der Waals surface area contributed by atoms with Crippen molar-refractivity contribution < 1.29 is 14.7 Å². The van der Waals surface area contributed by atoms with Crippen LogP contribution < -0.4 is 5.32 Å². The van der Waals surface area contributed by atoms with E-state index in [4.69, 9.17) is 23.8 Å². The van der Waals surface area contributed by atoms with Gasteiger partial charge in [-0.3, -0.25) is 4.89 Å². The summed E-state index contributed by atoms with van der Waals surface area (Å²) in [4.78, 5) is 19.6. The van der Waals surface area contributed by atoms with E-state index in [1.807, 2.05) is 13.0 Å². The Morgan fingerprint density at radius 2 is 2.17 bits per heavy atom. The molecule has 0 atom stereocenters. The highest BCUT2D eigenvalue weighted by molar-refractivity contribution is 7.80. The highest BCUT2D eigenvalue weighted by Crippen LogP contribution is 2.20. The number of carbonyl (C=O) groups is 1. The van der Waals surface area contributed by atoms with Crippen LogP contribution in [0.15, 0.2) is 18.2 Å². The standard InChI is InChI=1S/C11H13ClN2O3S/c1-7-4-5-9(12)6-10(7)13-11(18)14(3)17-16-8(2)15/h4-6H,1-3H3,(H,13,18). The molecule has 0 aliphatic carbocycles. The van der Waals surface area contributed by atoms with Gasteiger partial charge in [0.2, 0.25) is 5.11 Å². The van der Waals surface area contributed by atoms with Gasteiger partial charge >= 0.3 is 5.97 Å². The lowest BCUT2D eigenvalue weighted by Crippen LogP contribution is -2.32. The van der Waals surface area contributed by atoms with Crippen molar-refractivity contribution >= 4 is 40.6 Å². The van der Waals surface area contributed by atoms with E-state index in [0.717, 1.165) is 16.3 Å². The van der Waals surface area contributed by atoms with Gasteiger partial charge in [0.15, 0.2) is 0 Å². The smallest absolute Gasteiger partial charge is 0.331 e. The van der Waals surface area contributed by atoms with Crippen molar-refractivity contribution in [2.24, 2.45) is 0 Å². The Kier molecular flexibility index (Phi) is 5.33. The number of anilines is 1. The molecule has 7 heteroatoms. The second-order valence-electron chi connectivity index (χ2n) is 3.54. The number of nitrogens with one attached hydrogen (secondary N) is 1. The number of benzene rings is 1. The summed E-state index contributed by atoms with van der Waals surface area (Å²) in [5.41, 5.74) is 1.73. The molecular formula is C11H13ClN2O3S. The fourth-order valence-corrected chi connectivity index (χ4v) is 1.38. The molecule has 0 saturated carbocycles. The number of thiocarbonyl (C=S) groups is 1. The molecule has 18 heavy (non-hydrogen) atoms. The van der Waals surface area contributed by atoms with Gasteiger partial charge in [-0.2, -0.15) is 5.06 Å². The van der Waals surface area contributed by atoms with Crippen LogP contribution in [-0.2, 0) is 14.7 Å². The summed E-state index contributed by atoms with van der Waals surface area (Å²) in [5.74, 6) is -0.566. The normalized spacial score (nSPS) is 9.78. The maximum Gasteiger partial charge on any atom is 0.342 e. The number of carbonyl (C=O) groups excluding carboxylic acids is 1. The van der Waals surface area contributed by atoms with Crippen LogP contribution in [0.25, 0.3) is 0 Å². The number of hydrogen-bond acceptors (Lipinski definition) is 4. The first-order valence-electron chi connectivity index (χ1n) is 5.06. The Balaban J connectivity index is 2.63. The van der Waals surface area contributed by atoms with Crippen LogP contribution in [0.4, 0.5) is 5.69 Å². The van der Waals surface area contributed by atoms with Crippen LogP contribution in [0.3, 0.4) is 0 Å². The third kappa shape index (κ3) is 4.48. The molecular weight excluding hydrogens is 276 g/mol. The molecule has 0 spiro atoms. The van der Waals surface area contributed by atoms with E-state index in [0.29, 0.717) is 5.02 Å². The first-order chi connectivity index (χ1) is 8.40. The van der Waals surface area contributed by atoms with Gasteiger partial charge in [-0.25, -0.2) is 4.79 Å². The number of rotatable bonds is 3. The van der Waals surface area contributed by atoms with Gasteiger partial charge in [-0.1, -0.05) is 22.7 Å². The average molecular weight is 289 g/mol. The lowest BCUT2D eigenvalue weighted by Gasteiger charge is -2.18. The molecule has 1 aromatic carbocycles. The van der Waals surface area contributed by atoms with Crippen molar-refractivity contribution in [2.75, 3.05) is 12.4 Å². The maximum atomic E-state index is 10.6. The second kappa shape index (κ2) is 6.53. The Bertz CT molecular complexity index is 468. The minimum atomic E-state index is -0.566. The molecule has 0 unspecified atom stereocenters. The topological polar surface area (TPSA) is 50.8 Å². The highest BCUT2D eigenvalue weighted by Gasteiger charge is 2.09. The highest BCUT2D eigenvalue weighted by atomic mass is 35.5. The summed E-state index contributed by atoms with van der Waals surface area (Å²) in [6.07, 6.45) is 0. The van der Waals surface area contributed by atoms with Crippen LogP contribution in [-0.4, -0.2) is 23.2 Å². The first kappa shape index (κ1) is 14.7. The Morgan fingerprint density at radius 1 is 1.50 bits per heavy atom. The molecule has 98 valence electrons. The number of halogens is 1. The van der Waals surface area contributed by atoms with E-state index in [2.05, 4.69) is 15.2 Å². The molecule has 0 fully saturated rings. The van der Waals surface area contributed by atoms with Gasteiger partial charge < -0.3 is 5.32 Å². The first-order valence-corrected chi connectivity index (χ1v) is 5.85. The maximum absolute atomic E-state index is 10.6. The summed E-state index contributed by atoms with van der Waals surface area (Å²) >= 11 is 11.0. The van der Waals surface area contributed by atoms with Crippen molar-refractivity contribution in [1.29, 1.82) is 0 Å². The molecule has 5 nitrogen and oxygen atoms in total. The predicted molar refractivity (Wildman–Crippen MR) is 73.0 cm³/mol. The fourth-order valence-electron chi connectivity index (χ4n) is 1.07. The van der Waals surface area contributed by atoms with Crippen molar-refractivity contribution in [2.45, 2.75) is 13.8 Å². The largest absolute Gasteiger partial charge is 0.342 e. The van der Waals surface area contributed by atoms with E-state index in [-0.39, 0.29) is 5.11 Å². The van der Waals surface area contributed by atoms with E-state index >= 15 is 0 Å².